The number of nitrogens with zero attached hydrogens (tertiary/aromatic N) is 1. The van der Waals surface area contributed by atoms with Crippen LogP contribution in [-0.2, 0) is 19.1 Å². The SMILES string of the molecule is CCC#CC[C@H](C)C1OC1/C=C/[C@H]1CC(F)(F)C(=O)N1CCCCCCC(=O)OC. The van der Waals surface area contributed by atoms with Gasteiger partial charge in [0, 0.05) is 32.2 Å². The number of rotatable bonds is 11. The number of methoxy groups -OCH3 is 1. The lowest BCUT2D eigenvalue weighted by molar-refractivity contribution is -0.148. The molecule has 1 amide bonds. The van der Waals surface area contributed by atoms with Crippen LogP contribution in [0.15, 0.2) is 12.2 Å². The van der Waals surface area contributed by atoms with Crippen molar-refractivity contribution >= 4 is 11.9 Å². The van der Waals surface area contributed by atoms with Crippen LogP contribution in [0.25, 0.3) is 0 Å². The Morgan fingerprint density at radius 2 is 2.03 bits per heavy atom. The molecule has 2 aliphatic heterocycles. The minimum Gasteiger partial charge on any atom is -0.469 e. The monoisotopic (exact) mass is 425 g/mol. The van der Waals surface area contributed by atoms with Crippen molar-refractivity contribution < 1.29 is 27.8 Å². The Kier molecular flexibility index (Phi) is 9.29. The first kappa shape index (κ1) is 24.3. The topological polar surface area (TPSA) is 59.1 Å². The Hall–Kier alpha value is -1.94. The highest BCUT2D eigenvalue weighted by Gasteiger charge is 2.52. The van der Waals surface area contributed by atoms with Crippen molar-refractivity contribution in [2.45, 2.75) is 89.4 Å². The van der Waals surface area contributed by atoms with E-state index in [0.29, 0.717) is 25.8 Å². The lowest BCUT2D eigenvalue weighted by Gasteiger charge is -2.21. The minimum atomic E-state index is -3.31. The van der Waals surface area contributed by atoms with Crippen molar-refractivity contribution in [2.75, 3.05) is 13.7 Å². The van der Waals surface area contributed by atoms with Gasteiger partial charge < -0.3 is 14.4 Å². The number of amides is 1. The zero-order valence-electron chi connectivity index (χ0n) is 18.2. The van der Waals surface area contributed by atoms with E-state index in [9.17, 15) is 18.4 Å². The van der Waals surface area contributed by atoms with Gasteiger partial charge in [-0.1, -0.05) is 38.8 Å². The molecule has 0 bridgehead atoms. The third-order valence-electron chi connectivity index (χ3n) is 5.57. The number of carbonyl (C=O) groups excluding carboxylic acids is 2. The fourth-order valence-electron chi connectivity index (χ4n) is 3.73. The Morgan fingerprint density at radius 1 is 1.30 bits per heavy atom. The number of halogens is 2. The van der Waals surface area contributed by atoms with E-state index in [4.69, 9.17) is 4.74 Å². The maximum Gasteiger partial charge on any atom is 0.327 e. The zero-order chi connectivity index (χ0) is 22.1. The summed E-state index contributed by atoms with van der Waals surface area (Å²) < 4.78 is 38.2. The van der Waals surface area contributed by atoms with Gasteiger partial charge in [-0.15, -0.1) is 11.8 Å². The largest absolute Gasteiger partial charge is 0.469 e. The third kappa shape index (κ3) is 7.09. The van der Waals surface area contributed by atoms with Gasteiger partial charge in [-0.3, -0.25) is 9.59 Å². The quantitative estimate of drug-likeness (QED) is 0.164. The van der Waals surface area contributed by atoms with E-state index in [0.717, 1.165) is 25.7 Å². The molecule has 0 radical (unpaired) electrons. The number of ether oxygens (including phenoxy) is 2. The number of alkyl halides is 2. The molecule has 4 atom stereocenters. The highest BCUT2D eigenvalue weighted by atomic mass is 19.3. The molecule has 30 heavy (non-hydrogen) atoms. The third-order valence-corrected chi connectivity index (χ3v) is 5.57. The van der Waals surface area contributed by atoms with Crippen LogP contribution in [0.1, 0.15) is 65.2 Å². The summed E-state index contributed by atoms with van der Waals surface area (Å²) in [6.07, 6.45) is 7.83. The number of carbonyl (C=O) groups is 2. The molecule has 0 saturated carbocycles. The Morgan fingerprint density at radius 3 is 2.73 bits per heavy atom. The molecule has 2 fully saturated rings. The number of unbranched alkanes of at least 4 members (excludes halogenated alkanes) is 3. The molecule has 0 spiro atoms. The van der Waals surface area contributed by atoms with Crippen molar-refractivity contribution in [3.63, 3.8) is 0 Å². The fraction of sp³-hybridized carbons (Fsp3) is 0.739. The molecule has 5 nitrogen and oxygen atoms in total. The first-order valence-corrected chi connectivity index (χ1v) is 10.8. The van der Waals surface area contributed by atoms with Crippen LogP contribution in [0.2, 0.25) is 0 Å². The second-order valence-electron chi connectivity index (χ2n) is 8.05. The van der Waals surface area contributed by atoms with Gasteiger partial charge in [-0.25, -0.2) is 0 Å². The van der Waals surface area contributed by atoms with Gasteiger partial charge in [0.1, 0.15) is 6.10 Å². The van der Waals surface area contributed by atoms with E-state index in [1.807, 2.05) is 13.0 Å². The Bertz CT molecular complexity index is 682. The van der Waals surface area contributed by atoms with Gasteiger partial charge in [0.2, 0.25) is 0 Å². The first-order valence-electron chi connectivity index (χ1n) is 10.8. The maximum absolute atomic E-state index is 14.0. The van der Waals surface area contributed by atoms with E-state index in [1.54, 1.807) is 6.08 Å². The van der Waals surface area contributed by atoms with Crippen LogP contribution < -0.4 is 0 Å². The number of esters is 1. The van der Waals surface area contributed by atoms with E-state index in [2.05, 4.69) is 23.5 Å². The molecule has 2 rings (SSSR count). The van der Waals surface area contributed by atoms with Gasteiger partial charge >= 0.3 is 11.9 Å². The van der Waals surface area contributed by atoms with Crippen molar-refractivity contribution in [3.8, 4) is 11.8 Å². The van der Waals surface area contributed by atoms with Crippen molar-refractivity contribution in [1.29, 1.82) is 0 Å². The average molecular weight is 426 g/mol. The van der Waals surface area contributed by atoms with E-state index in [-0.39, 0.29) is 24.1 Å². The summed E-state index contributed by atoms with van der Waals surface area (Å²) in [7, 11) is 1.35. The van der Waals surface area contributed by atoms with Gasteiger partial charge in [0.05, 0.1) is 19.3 Å². The normalized spacial score (nSPS) is 25.8. The lowest BCUT2D eigenvalue weighted by atomic mass is 10.0. The van der Waals surface area contributed by atoms with Gasteiger partial charge in [-0.05, 0) is 18.8 Å². The molecule has 2 saturated heterocycles. The number of epoxide rings is 1. The molecule has 2 unspecified atom stereocenters. The molecule has 0 aromatic heterocycles. The predicted octanol–water partition coefficient (Wildman–Crippen LogP) is 4.11. The standard InChI is InChI=1S/C23H33F2NO4/c1-4-5-8-11-17(2)21-19(30-21)14-13-18-16-23(24,25)22(28)26(18)15-10-7-6-9-12-20(27)29-3/h13-14,17-19,21H,4,6-7,9-12,15-16H2,1-3H3/b14-13+/t17-,18-,19?,21?/m0/s1. The van der Waals surface area contributed by atoms with E-state index < -0.39 is 24.3 Å². The molecule has 0 aromatic rings. The molecule has 0 N–H and O–H groups in total. The van der Waals surface area contributed by atoms with Crippen molar-refractivity contribution in [2.24, 2.45) is 5.92 Å². The number of hydrogen-bond donors (Lipinski definition) is 0. The molecular weight excluding hydrogens is 392 g/mol. The second kappa shape index (κ2) is 11.5. The highest BCUT2D eigenvalue weighted by molar-refractivity contribution is 5.86. The first-order chi connectivity index (χ1) is 14.3. The predicted molar refractivity (Wildman–Crippen MR) is 110 cm³/mol. The van der Waals surface area contributed by atoms with Crippen LogP contribution in [0.3, 0.4) is 0 Å². The van der Waals surface area contributed by atoms with Crippen LogP contribution in [0.4, 0.5) is 8.78 Å². The smallest absolute Gasteiger partial charge is 0.327 e. The maximum atomic E-state index is 14.0. The van der Waals surface area contributed by atoms with Crippen LogP contribution >= 0.6 is 0 Å². The molecular formula is C23H33F2NO4. The van der Waals surface area contributed by atoms with Gasteiger partial charge in [0.15, 0.2) is 0 Å². The van der Waals surface area contributed by atoms with Crippen molar-refractivity contribution in [3.05, 3.63) is 12.2 Å². The second-order valence-corrected chi connectivity index (χ2v) is 8.05. The summed E-state index contributed by atoms with van der Waals surface area (Å²) in [6, 6.07) is -0.609. The van der Waals surface area contributed by atoms with Crippen LogP contribution in [0.5, 0.6) is 0 Å². The molecule has 168 valence electrons. The summed E-state index contributed by atoms with van der Waals surface area (Å²) in [4.78, 5) is 24.5. The van der Waals surface area contributed by atoms with Gasteiger partial charge in [0.25, 0.3) is 5.91 Å². The summed E-state index contributed by atoms with van der Waals surface area (Å²) >= 11 is 0. The minimum absolute atomic E-state index is 0.0632. The molecule has 7 heteroatoms. The summed E-state index contributed by atoms with van der Waals surface area (Å²) in [5.74, 6) is 1.78. The summed E-state index contributed by atoms with van der Waals surface area (Å²) in [5, 5.41) is 0. The Labute approximate surface area is 178 Å². The molecule has 2 aliphatic rings. The fourth-order valence-corrected chi connectivity index (χ4v) is 3.73. The van der Waals surface area contributed by atoms with Gasteiger partial charge in [-0.2, -0.15) is 8.78 Å². The number of hydrogen-bond acceptors (Lipinski definition) is 4. The van der Waals surface area contributed by atoms with Crippen molar-refractivity contribution in [1.82, 2.24) is 4.90 Å². The van der Waals surface area contributed by atoms with Crippen LogP contribution in [0, 0.1) is 17.8 Å². The van der Waals surface area contributed by atoms with E-state index in [1.165, 1.54) is 12.0 Å². The lowest BCUT2D eigenvalue weighted by Crippen LogP contribution is -2.36. The van der Waals surface area contributed by atoms with E-state index >= 15 is 0 Å². The Balaban J connectivity index is 1.80. The average Bonchev–Trinajstić information content (AvgIpc) is 3.45. The summed E-state index contributed by atoms with van der Waals surface area (Å²) in [6.45, 7) is 4.37. The highest BCUT2D eigenvalue weighted by Crippen LogP contribution is 2.36. The molecule has 0 aliphatic carbocycles. The number of likely N-dealkylation sites (tertiary alicyclic amines) is 1. The summed E-state index contributed by atoms with van der Waals surface area (Å²) in [5.41, 5.74) is 0. The zero-order valence-corrected chi connectivity index (χ0v) is 18.2. The molecule has 0 aromatic carbocycles. The van der Waals surface area contributed by atoms with Crippen LogP contribution in [-0.4, -0.2) is 54.6 Å². The molecule has 2 heterocycles.